The van der Waals surface area contributed by atoms with Crippen LogP contribution in [-0.2, 0) is 4.79 Å². The Kier molecular flexibility index (Phi) is 2.87. The Labute approximate surface area is 95.2 Å². The van der Waals surface area contributed by atoms with Crippen LogP contribution in [0.25, 0.3) is 6.08 Å². The molecule has 16 heavy (non-hydrogen) atoms. The van der Waals surface area contributed by atoms with Crippen molar-refractivity contribution in [2.24, 2.45) is 5.92 Å². The summed E-state index contributed by atoms with van der Waals surface area (Å²) in [5.74, 6) is 0.111. The number of hydrogen-bond donors (Lipinski definition) is 0. The summed E-state index contributed by atoms with van der Waals surface area (Å²) >= 11 is 0. The molecule has 0 N–H and O–H groups in total. The van der Waals surface area contributed by atoms with Gasteiger partial charge in [-0.05, 0) is 31.4 Å². The van der Waals surface area contributed by atoms with Gasteiger partial charge in [-0.2, -0.15) is 5.26 Å². The average molecular weight is 211 g/mol. The molecule has 1 aliphatic rings. The first-order valence-electron chi connectivity index (χ1n) is 5.43. The Morgan fingerprint density at radius 2 is 2.00 bits per heavy atom. The first-order chi connectivity index (χ1) is 7.70. The molecule has 0 aliphatic heterocycles. The molecule has 0 unspecified atom stereocenters. The minimum Gasteiger partial charge on any atom is -0.293 e. The smallest absolute Gasteiger partial charge is 0.176 e. The highest BCUT2D eigenvalue weighted by Gasteiger charge is 2.31. The van der Waals surface area contributed by atoms with Crippen LogP contribution in [0, 0.1) is 24.2 Å². The lowest BCUT2D eigenvalue weighted by atomic mass is 10.0. The van der Waals surface area contributed by atoms with E-state index >= 15 is 0 Å². The highest BCUT2D eigenvalue weighted by atomic mass is 16.1. The van der Waals surface area contributed by atoms with Gasteiger partial charge in [-0.25, -0.2) is 0 Å². The zero-order valence-corrected chi connectivity index (χ0v) is 9.23. The van der Waals surface area contributed by atoms with Crippen molar-refractivity contribution < 1.29 is 4.79 Å². The number of ketones is 1. The molecule has 0 saturated heterocycles. The van der Waals surface area contributed by atoms with Gasteiger partial charge in [0.05, 0.1) is 5.57 Å². The number of hydrogen-bond acceptors (Lipinski definition) is 2. The number of aryl methyl sites for hydroxylation is 1. The van der Waals surface area contributed by atoms with Crippen LogP contribution in [0.1, 0.15) is 24.0 Å². The minimum atomic E-state index is 0.00285. The van der Waals surface area contributed by atoms with E-state index in [1.807, 2.05) is 37.3 Å². The number of allylic oxidation sites excluding steroid dienone is 1. The summed E-state index contributed by atoms with van der Waals surface area (Å²) in [5.41, 5.74) is 2.37. The number of Topliss-reactive ketones (excluding diaryl/α,β-unsaturated/α-hetero) is 1. The van der Waals surface area contributed by atoms with Gasteiger partial charge in [0.25, 0.3) is 0 Å². The van der Waals surface area contributed by atoms with E-state index in [-0.39, 0.29) is 17.3 Å². The summed E-state index contributed by atoms with van der Waals surface area (Å²) < 4.78 is 0. The molecular weight excluding hydrogens is 198 g/mol. The second-order valence-electron chi connectivity index (χ2n) is 4.22. The fourth-order valence-corrected chi connectivity index (χ4v) is 1.55. The maximum atomic E-state index is 11.7. The molecule has 1 fully saturated rings. The zero-order valence-electron chi connectivity index (χ0n) is 9.23. The van der Waals surface area contributed by atoms with Gasteiger partial charge in [0.2, 0.25) is 0 Å². The van der Waals surface area contributed by atoms with Crippen LogP contribution >= 0.6 is 0 Å². The van der Waals surface area contributed by atoms with E-state index in [4.69, 9.17) is 5.26 Å². The van der Waals surface area contributed by atoms with E-state index in [0.29, 0.717) is 0 Å². The van der Waals surface area contributed by atoms with Gasteiger partial charge in [-0.3, -0.25) is 4.79 Å². The molecule has 0 aromatic heterocycles. The number of nitrogens with zero attached hydrogens (tertiary/aromatic N) is 1. The highest BCUT2D eigenvalue weighted by Crippen LogP contribution is 2.32. The third-order valence-electron chi connectivity index (χ3n) is 2.72. The SMILES string of the molecule is Cc1ccc(C=C(C#N)C(=O)C2CC2)cc1. The molecule has 80 valence electrons. The summed E-state index contributed by atoms with van der Waals surface area (Å²) in [4.78, 5) is 11.7. The number of carbonyl (C=O) groups is 1. The zero-order chi connectivity index (χ0) is 11.5. The minimum absolute atomic E-state index is 0.00285. The number of carbonyl (C=O) groups excluding carboxylic acids is 1. The van der Waals surface area contributed by atoms with Gasteiger partial charge >= 0.3 is 0 Å². The number of benzene rings is 1. The molecule has 0 bridgehead atoms. The lowest BCUT2D eigenvalue weighted by Gasteiger charge is -1.97. The van der Waals surface area contributed by atoms with Gasteiger partial charge < -0.3 is 0 Å². The van der Waals surface area contributed by atoms with Crippen LogP contribution in [0.2, 0.25) is 0 Å². The van der Waals surface area contributed by atoms with Crippen molar-refractivity contribution in [3.63, 3.8) is 0 Å². The largest absolute Gasteiger partial charge is 0.293 e. The van der Waals surface area contributed by atoms with Gasteiger partial charge in [0.1, 0.15) is 6.07 Å². The molecule has 1 aliphatic carbocycles. The van der Waals surface area contributed by atoms with Gasteiger partial charge in [0, 0.05) is 5.92 Å². The van der Waals surface area contributed by atoms with E-state index < -0.39 is 0 Å². The Hall–Kier alpha value is -1.88. The van der Waals surface area contributed by atoms with Crippen molar-refractivity contribution >= 4 is 11.9 Å². The molecular formula is C14H13NO. The third kappa shape index (κ3) is 2.38. The molecule has 1 aromatic rings. The highest BCUT2D eigenvalue weighted by molar-refractivity contribution is 6.05. The van der Waals surface area contributed by atoms with Crippen LogP contribution in [0.15, 0.2) is 29.8 Å². The fraction of sp³-hybridized carbons (Fsp3) is 0.286. The number of rotatable bonds is 3. The van der Waals surface area contributed by atoms with Crippen molar-refractivity contribution in [1.82, 2.24) is 0 Å². The fourth-order valence-electron chi connectivity index (χ4n) is 1.55. The molecule has 1 saturated carbocycles. The van der Waals surface area contributed by atoms with Crippen molar-refractivity contribution in [1.29, 1.82) is 5.26 Å². The topological polar surface area (TPSA) is 40.9 Å². The standard InChI is InChI=1S/C14H13NO/c1-10-2-4-11(5-3-10)8-13(9-15)14(16)12-6-7-12/h2-5,8,12H,6-7H2,1H3. The molecule has 2 heteroatoms. The summed E-state index contributed by atoms with van der Waals surface area (Å²) in [7, 11) is 0. The lowest BCUT2D eigenvalue weighted by molar-refractivity contribution is -0.116. The maximum absolute atomic E-state index is 11.7. The summed E-state index contributed by atoms with van der Waals surface area (Å²) in [6, 6.07) is 9.79. The van der Waals surface area contributed by atoms with Gasteiger partial charge in [-0.15, -0.1) is 0 Å². The first-order valence-corrected chi connectivity index (χ1v) is 5.43. The first kappa shape index (κ1) is 10.6. The summed E-state index contributed by atoms with van der Waals surface area (Å²) in [6.45, 7) is 2.01. The van der Waals surface area contributed by atoms with Gasteiger partial charge in [0.15, 0.2) is 5.78 Å². The van der Waals surface area contributed by atoms with Crippen molar-refractivity contribution in [2.45, 2.75) is 19.8 Å². The molecule has 2 nitrogen and oxygen atoms in total. The summed E-state index contributed by atoms with van der Waals surface area (Å²) in [6.07, 6.45) is 3.55. The molecule has 2 rings (SSSR count). The Bertz CT molecular complexity index is 472. The molecule has 1 aromatic carbocycles. The van der Waals surface area contributed by atoms with E-state index in [9.17, 15) is 4.79 Å². The van der Waals surface area contributed by atoms with Crippen LogP contribution in [0.5, 0.6) is 0 Å². The molecule has 0 heterocycles. The number of nitriles is 1. The summed E-state index contributed by atoms with van der Waals surface area (Å²) in [5, 5.41) is 8.95. The Morgan fingerprint density at radius 3 is 2.50 bits per heavy atom. The molecule has 0 atom stereocenters. The molecule has 0 amide bonds. The van der Waals surface area contributed by atoms with Crippen LogP contribution in [0.4, 0.5) is 0 Å². The third-order valence-corrected chi connectivity index (χ3v) is 2.72. The maximum Gasteiger partial charge on any atom is 0.176 e. The van der Waals surface area contributed by atoms with Gasteiger partial charge in [-0.1, -0.05) is 29.8 Å². The van der Waals surface area contributed by atoms with Crippen molar-refractivity contribution in [2.75, 3.05) is 0 Å². The predicted octanol–water partition coefficient (Wildman–Crippen LogP) is 2.88. The van der Waals surface area contributed by atoms with E-state index in [0.717, 1.165) is 18.4 Å². The average Bonchev–Trinajstić information content (AvgIpc) is 3.11. The van der Waals surface area contributed by atoms with Crippen LogP contribution in [0.3, 0.4) is 0 Å². The van der Waals surface area contributed by atoms with E-state index in [1.54, 1.807) is 6.08 Å². The van der Waals surface area contributed by atoms with Crippen molar-refractivity contribution in [3.05, 3.63) is 41.0 Å². The second-order valence-corrected chi connectivity index (χ2v) is 4.22. The van der Waals surface area contributed by atoms with E-state index in [2.05, 4.69) is 0 Å². The van der Waals surface area contributed by atoms with Crippen LogP contribution in [-0.4, -0.2) is 5.78 Å². The predicted molar refractivity (Wildman–Crippen MR) is 62.5 cm³/mol. The van der Waals surface area contributed by atoms with E-state index in [1.165, 1.54) is 5.56 Å². The van der Waals surface area contributed by atoms with Crippen LogP contribution < -0.4 is 0 Å². The Morgan fingerprint density at radius 1 is 1.38 bits per heavy atom. The Balaban J connectivity index is 2.23. The lowest BCUT2D eigenvalue weighted by Crippen LogP contribution is -2.02. The normalized spacial score (nSPS) is 15.6. The quantitative estimate of drug-likeness (QED) is 0.569. The molecule has 0 radical (unpaired) electrons. The molecule has 0 spiro atoms. The monoisotopic (exact) mass is 211 g/mol. The second kappa shape index (κ2) is 4.32. The van der Waals surface area contributed by atoms with Crippen molar-refractivity contribution in [3.8, 4) is 6.07 Å².